The van der Waals surface area contributed by atoms with Crippen molar-refractivity contribution in [3.05, 3.63) is 42.2 Å². The third-order valence-corrected chi connectivity index (χ3v) is 3.51. The van der Waals surface area contributed by atoms with E-state index in [0.717, 1.165) is 13.1 Å². The largest absolute Gasteiger partial charge is 0.368 e. The summed E-state index contributed by atoms with van der Waals surface area (Å²) in [5.41, 5.74) is 1.62. The van der Waals surface area contributed by atoms with Crippen LogP contribution in [0.1, 0.15) is 10.5 Å². The maximum Gasteiger partial charge on any atom is 0.276 e. The number of carbonyl (C=O) groups excluding carboxylic acids is 1. The van der Waals surface area contributed by atoms with Crippen molar-refractivity contribution in [2.24, 2.45) is 7.05 Å². The number of nitrogens with zero attached hydrogens (tertiary/aromatic N) is 5. The van der Waals surface area contributed by atoms with Crippen LogP contribution in [-0.4, -0.2) is 52.0 Å². The lowest BCUT2D eigenvalue weighted by Gasteiger charge is -2.35. The molecule has 1 aromatic carbocycles. The number of anilines is 1. The van der Waals surface area contributed by atoms with Crippen molar-refractivity contribution in [2.45, 2.75) is 0 Å². The minimum absolute atomic E-state index is 0.0363. The number of amides is 1. The highest BCUT2D eigenvalue weighted by atomic mass is 16.2. The van der Waals surface area contributed by atoms with Crippen LogP contribution in [0.25, 0.3) is 0 Å². The molecular formula is C14H17N5O. The summed E-state index contributed by atoms with van der Waals surface area (Å²) in [6, 6.07) is 10.3. The normalized spacial score (nSPS) is 15.4. The molecule has 2 heterocycles. The lowest BCUT2D eigenvalue weighted by Crippen LogP contribution is -2.48. The van der Waals surface area contributed by atoms with E-state index in [1.807, 2.05) is 23.1 Å². The van der Waals surface area contributed by atoms with E-state index in [9.17, 15) is 4.79 Å². The molecule has 0 unspecified atom stereocenters. The SMILES string of the molecule is Cn1cc(C(=O)N2CCN(c3ccccc3)CC2)nn1. The maximum atomic E-state index is 12.2. The van der Waals surface area contributed by atoms with Crippen LogP contribution >= 0.6 is 0 Å². The zero-order valence-electron chi connectivity index (χ0n) is 11.4. The molecule has 0 saturated carbocycles. The predicted molar refractivity (Wildman–Crippen MR) is 75.6 cm³/mol. The molecule has 0 atom stereocenters. The lowest BCUT2D eigenvalue weighted by atomic mass is 10.2. The van der Waals surface area contributed by atoms with Crippen LogP contribution in [0.4, 0.5) is 5.69 Å². The third-order valence-electron chi connectivity index (χ3n) is 3.51. The molecule has 1 saturated heterocycles. The Hall–Kier alpha value is -2.37. The van der Waals surface area contributed by atoms with Gasteiger partial charge in [0.05, 0.1) is 6.20 Å². The van der Waals surface area contributed by atoms with Crippen LogP contribution in [0.15, 0.2) is 36.5 Å². The van der Waals surface area contributed by atoms with Crippen molar-refractivity contribution >= 4 is 11.6 Å². The fourth-order valence-electron chi connectivity index (χ4n) is 2.41. The second kappa shape index (κ2) is 5.32. The molecule has 104 valence electrons. The number of carbonyl (C=O) groups is 1. The van der Waals surface area contributed by atoms with Crippen LogP contribution in [0.3, 0.4) is 0 Å². The molecule has 0 spiro atoms. The smallest absolute Gasteiger partial charge is 0.276 e. The van der Waals surface area contributed by atoms with Crippen LogP contribution in [0.2, 0.25) is 0 Å². The molecule has 3 rings (SSSR count). The molecule has 0 bridgehead atoms. The first-order valence-corrected chi connectivity index (χ1v) is 6.69. The summed E-state index contributed by atoms with van der Waals surface area (Å²) in [5.74, 6) is -0.0363. The van der Waals surface area contributed by atoms with E-state index >= 15 is 0 Å². The van der Waals surface area contributed by atoms with Gasteiger partial charge in [0, 0.05) is 38.9 Å². The number of para-hydroxylation sites is 1. The molecule has 1 fully saturated rings. The molecule has 0 radical (unpaired) electrons. The number of rotatable bonds is 2. The minimum atomic E-state index is -0.0363. The lowest BCUT2D eigenvalue weighted by molar-refractivity contribution is 0.0740. The van der Waals surface area contributed by atoms with Gasteiger partial charge in [-0.1, -0.05) is 23.4 Å². The molecule has 1 amide bonds. The average Bonchev–Trinajstić information content (AvgIpc) is 2.94. The number of hydrogen-bond acceptors (Lipinski definition) is 4. The van der Waals surface area contributed by atoms with Gasteiger partial charge < -0.3 is 9.80 Å². The Bertz CT molecular complexity index is 587. The van der Waals surface area contributed by atoms with E-state index in [2.05, 4.69) is 27.3 Å². The zero-order valence-corrected chi connectivity index (χ0v) is 11.4. The summed E-state index contributed by atoms with van der Waals surface area (Å²) >= 11 is 0. The molecule has 1 aromatic heterocycles. The Kier molecular flexibility index (Phi) is 3.37. The molecule has 1 aliphatic rings. The highest BCUT2D eigenvalue weighted by Gasteiger charge is 2.23. The van der Waals surface area contributed by atoms with Crippen LogP contribution in [0, 0.1) is 0 Å². The van der Waals surface area contributed by atoms with Gasteiger partial charge >= 0.3 is 0 Å². The second-order valence-electron chi connectivity index (χ2n) is 4.89. The molecule has 0 N–H and O–H groups in total. The van der Waals surface area contributed by atoms with Crippen molar-refractivity contribution in [2.75, 3.05) is 31.1 Å². The van der Waals surface area contributed by atoms with Crippen LogP contribution in [0.5, 0.6) is 0 Å². The minimum Gasteiger partial charge on any atom is -0.368 e. The Morgan fingerprint density at radius 1 is 1.10 bits per heavy atom. The second-order valence-corrected chi connectivity index (χ2v) is 4.89. The quantitative estimate of drug-likeness (QED) is 0.810. The molecule has 20 heavy (non-hydrogen) atoms. The van der Waals surface area contributed by atoms with Crippen molar-refractivity contribution < 1.29 is 4.79 Å². The molecule has 2 aromatic rings. The van der Waals surface area contributed by atoms with Gasteiger partial charge in [-0.15, -0.1) is 5.10 Å². The number of aryl methyl sites for hydroxylation is 1. The highest BCUT2D eigenvalue weighted by Crippen LogP contribution is 2.16. The first kappa shape index (κ1) is 12.7. The van der Waals surface area contributed by atoms with E-state index in [0.29, 0.717) is 18.8 Å². The number of aromatic nitrogens is 3. The van der Waals surface area contributed by atoms with E-state index in [-0.39, 0.29) is 5.91 Å². The Morgan fingerprint density at radius 3 is 2.40 bits per heavy atom. The number of piperazine rings is 1. The molecule has 6 heteroatoms. The Balaban J connectivity index is 1.63. The summed E-state index contributed by atoms with van der Waals surface area (Å²) in [7, 11) is 1.76. The van der Waals surface area contributed by atoms with Crippen molar-refractivity contribution in [3.63, 3.8) is 0 Å². The third kappa shape index (κ3) is 2.49. The number of hydrogen-bond donors (Lipinski definition) is 0. The molecule has 1 aliphatic heterocycles. The summed E-state index contributed by atoms with van der Waals surface area (Å²) in [6.45, 7) is 3.11. The Morgan fingerprint density at radius 2 is 1.80 bits per heavy atom. The van der Waals surface area contributed by atoms with Gasteiger partial charge in [0.2, 0.25) is 0 Å². The van der Waals surface area contributed by atoms with Gasteiger partial charge in [0.15, 0.2) is 5.69 Å². The van der Waals surface area contributed by atoms with E-state index in [1.54, 1.807) is 17.9 Å². The van der Waals surface area contributed by atoms with E-state index < -0.39 is 0 Å². The van der Waals surface area contributed by atoms with Gasteiger partial charge in [-0.25, -0.2) is 0 Å². The standard InChI is InChI=1S/C14H17N5O/c1-17-11-13(15-16-17)14(20)19-9-7-18(8-10-19)12-5-3-2-4-6-12/h2-6,11H,7-10H2,1H3. The van der Waals surface area contributed by atoms with E-state index in [4.69, 9.17) is 0 Å². The van der Waals surface area contributed by atoms with E-state index in [1.165, 1.54) is 5.69 Å². The van der Waals surface area contributed by atoms with Crippen molar-refractivity contribution in [1.82, 2.24) is 19.9 Å². The Labute approximate surface area is 117 Å². The first-order chi connectivity index (χ1) is 9.74. The molecule has 0 aliphatic carbocycles. The van der Waals surface area contributed by atoms with Crippen molar-refractivity contribution in [1.29, 1.82) is 0 Å². The van der Waals surface area contributed by atoms with Crippen LogP contribution < -0.4 is 4.90 Å². The molecule has 6 nitrogen and oxygen atoms in total. The van der Waals surface area contributed by atoms with Gasteiger partial charge in [-0.2, -0.15) is 0 Å². The van der Waals surface area contributed by atoms with Gasteiger partial charge in [-0.3, -0.25) is 9.48 Å². The van der Waals surface area contributed by atoms with Crippen LogP contribution in [-0.2, 0) is 7.05 Å². The predicted octanol–water partition coefficient (Wildman–Crippen LogP) is 0.778. The van der Waals surface area contributed by atoms with Crippen molar-refractivity contribution in [3.8, 4) is 0 Å². The summed E-state index contributed by atoms with van der Waals surface area (Å²) in [6.07, 6.45) is 1.66. The monoisotopic (exact) mass is 271 g/mol. The highest BCUT2D eigenvalue weighted by molar-refractivity contribution is 5.92. The maximum absolute atomic E-state index is 12.2. The zero-order chi connectivity index (χ0) is 13.9. The number of benzene rings is 1. The summed E-state index contributed by atoms with van der Waals surface area (Å²) in [5, 5.41) is 7.68. The van der Waals surface area contributed by atoms with Gasteiger partial charge in [0.25, 0.3) is 5.91 Å². The molecular weight excluding hydrogens is 254 g/mol. The van der Waals surface area contributed by atoms with Gasteiger partial charge in [0.1, 0.15) is 0 Å². The average molecular weight is 271 g/mol. The fraction of sp³-hybridized carbons (Fsp3) is 0.357. The summed E-state index contributed by atoms with van der Waals surface area (Å²) < 4.78 is 1.55. The summed E-state index contributed by atoms with van der Waals surface area (Å²) in [4.78, 5) is 16.4. The first-order valence-electron chi connectivity index (χ1n) is 6.69. The van der Waals surface area contributed by atoms with Gasteiger partial charge in [-0.05, 0) is 12.1 Å². The fourth-order valence-corrected chi connectivity index (χ4v) is 2.41. The topological polar surface area (TPSA) is 54.3 Å².